The van der Waals surface area contributed by atoms with E-state index in [9.17, 15) is 9.90 Å². The zero-order valence-electron chi connectivity index (χ0n) is 21.1. The number of hydrogen-bond donors (Lipinski definition) is 1. The Morgan fingerprint density at radius 3 is 2.29 bits per heavy atom. The van der Waals surface area contributed by atoms with E-state index in [4.69, 9.17) is 0 Å². The van der Waals surface area contributed by atoms with E-state index in [1.807, 2.05) is 0 Å². The lowest BCUT2D eigenvalue weighted by atomic mass is 9.78. The molecule has 5 rings (SSSR count). The summed E-state index contributed by atoms with van der Waals surface area (Å²) in [7, 11) is 0. The number of allylic oxidation sites excluding steroid dienone is 11. The summed E-state index contributed by atoms with van der Waals surface area (Å²) in [6.07, 6.45) is 8.56. The van der Waals surface area contributed by atoms with E-state index in [1.165, 1.54) is 16.7 Å². The topological polar surface area (TPSA) is 37.3 Å². The summed E-state index contributed by atoms with van der Waals surface area (Å²) in [6, 6.07) is 8.61. The van der Waals surface area contributed by atoms with Crippen molar-refractivity contribution in [3.05, 3.63) is 110 Å². The van der Waals surface area contributed by atoms with Crippen LogP contribution in [0.25, 0.3) is 16.7 Å². The molecule has 1 atom stereocenters. The van der Waals surface area contributed by atoms with Gasteiger partial charge in [-0.1, -0.05) is 67.5 Å². The van der Waals surface area contributed by atoms with E-state index >= 15 is 0 Å². The summed E-state index contributed by atoms with van der Waals surface area (Å²) >= 11 is 0. The van der Waals surface area contributed by atoms with Gasteiger partial charge in [0, 0.05) is 5.92 Å². The normalized spacial score (nSPS) is 22.4. The van der Waals surface area contributed by atoms with Gasteiger partial charge in [0.05, 0.1) is 11.1 Å². The molecular formula is C32H32O2. The number of aryl methyl sites for hydroxylation is 2. The number of fused-ring (bicyclic) bond motifs is 2. The van der Waals surface area contributed by atoms with E-state index in [2.05, 4.69) is 97.0 Å². The molecule has 0 spiro atoms. The maximum Gasteiger partial charge on any atom is 0.201 e. The van der Waals surface area contributed by atoms with Gasteiger partial charge < -0.3 is 5.11 Å². The molecule has 1 N–H and O–H groups in total. The van der Waals surface area contributed by atoms with Crippen LogP contribution in [-0.4, -0.2) is 10.9 Å². The molecule has 172 valence electrons. The van der Waals surface area contributed by atoms with Gasteiger partial charge >= 0.3 is 0 Å². The molecule has 0 saturated carbocycles. The van der Waals surface area contributed by atoms with E-state index in [0.717, 1.165) is 44.5 Å². The number of aliphatic hydroxyl groups excluding tert-OH is 1. The predicted octanol–water partition coefficient (Wildman–Crippen LogP) is 8.09. The highest BCUT2D eigenvalue weighted by molar-refractivity contribution is 6.40. The van der Waals surface area contributed by atoms with Crippen LogP contribution in [0.5, 0.6) is 0 Å². The van der Waals surface area contributed by atoms with Crippen molar-refractivity contribution in [3.8, 4) is 11.1 Å². The van der Waals surface area contributed by atoms with E-state index in [1.54, 1.807) is 0 Å². The van der Waals surface area contributed by atoms with Crippen LogP contribution in [0, 0.1) is 19.8 Å². The molecule has 0 aromatic rings. The highest BCUT2D eigenvalue weighted by Gasteiger charge is 2.42. The molecule has 0 aromatic carbocycles. The Labute approximate surface area is 202 Å². The van der Waals surface area contributed by atoms with Gasteiger partial charge in [0.2, 0.25) is 5.78 Å². The first-order valence-corrected chi connectivity index (χ1v) is 12.1. The first-order chi connectivity index (χ1) is 16.1. The fraction of sp³-hybridized carbons (Fsp3) is 0.281. The average Bonchev–Trinajstić information content (AvgIpc) is 3.09. The number of Topliss-reactive ketones (excluding diaryl/α,β-unsaturated/α-hetero) is 1. The van der Waals surface area contributed by atoms with Gasteiger partial charge in [-0.05, 0) is 96.7 Å². The molecule has 0 radical (unpaired) electrons. The van der Waals surface area contributed by atoms with Crippen LogP contribution >= 0.6 is 0 Å². The highest BCUT2D eigenvalue weighted by atomic mass is 16.3. The summed E-state index contributed by atoms with van der Waals surface area (Å²) in [4.78, 5) is 13.7. The second kappa shape index (κ2) is 7.84. The maximum atomic E-state index is 13.7. The standard InChI is InChI=1S/C32H32O2/c1-16(2)22-11-10-19(5)28-24(15-22)21(7)14-26(28)30-31(33)29(32(30)34)25-13-20(6)23-12-17(3)8-9-18(4)27(23)25/h8-16,23,33H,1-7H3/b29-25+. The molecular weight excluding hydrogens is 416 g/mol. The SMILES string of the molecule is CC1=CC2C(C)=C/C(=C3\C(=O)C(c4cc(C)c5cc(C(C)C)ccc(C)c4-5)=C3O)C2=C(C)C=C1. The maximum absolute atomic E-state index is 13.7. The van der Waals surface area contributed by atoms with Crippen LogP contribution in [0.3, 0.4) is 0 Å². The molecule has 0 fully saturated rings. The molecule has 0 amide bonds. The van der Waals surface area contributed by atoms with Crippen molar-refractivity contribution >= 4 is 11.4 Å². The molecule has 34 heavy (non-hydrogen) atoms. The Morgan fingerprint density at radius 2 is 1.62 bits per heavy atom. The number of rotatable bonds is 2. The van der Waals surface area contributed by atoms with Gasteiger partial charge in [-0.2, -0.15) is 0 Å². The smallest absolute Gasteiger partial charge is 0.201 e. The summed E-state index contributed by atoms with van der Waals surface area (Å²) in [5.41, 5.74) is 13.0. The minimum absolute atomic E-state index is 0.0617. The molecule has 2 nitrogen and oxygen atoms in total. The van der Waals surface area contributed by atoms with Crippen LogP contribution in [0.4, 0.5) is 0 Å². The monoisotopic (exact) mass is 448 g/mol. The Morgan fingerprint density at radius 1 is 0.882 bits per heavy atom. The van der Waals surface area contributed by atoms with Gasteiger partial charge in [0.15, 0.2) is 0 Å². The second-order valence-corrected chi connectivity index (χ2v) is 10.4. The van der Waals surface area contributed by atoms with Crippen molar-refractivity contribution in [2.75, 3.05) is 0 Å². The third-order valence-corrected chi connectivity index (χ3v) is 7.60. The molecule has 5 aliphatic carbocycles. The van der Waals surface area contributed by atoms with Gasteiger partial charge in [-0.25, -0.2) is 0 Å². The van der Waals surface area contributed by atoms with Gasteiger partial charge in [-0.3, -0.25) is 4.79 Å². The van der Waals surface area contributed by atoms with Crippen molar-refractivity contribution < 1.29 is 9.90 Å². The van der Waals surface area contributed by atoms with Crippen LogP contribution in [0.2, 0.25) is 0 Å². The minimum atomic E-state index is -0.0617. The van der Waals surface area contributed by atoms with Crippen LogP contribution in [0.1, 0.15) is 62.8 Å². The number of aliphatic hydroxyl groups is 1. The van der Waals surface area contributed by atoms with Crippen LogP contribution < -0.4 is 0 Å². The Kier molecular flexibility index (Phi) is 5.16. The molecule has 0 aliphatic heterocycles. The largest absolute Gasteiger partial charge is 0.506 e. The Hall–Kier alpha value is -3.39. The first kappa shape index (κ1) is 22.4. The first-order valence-electron chi connectivity index (χ1n) is 12.1. The predicted molar refractivity (Wildman–Crippen MR) is 141 cm³/mol. The Balaban J connectivity index is 1.70. The molecule has 5 aliphatic rings. The number of carbonyl (C=O) groups is 1. The quantitative estimate of drug-likeness (QED) is 0.471. The molecule has 2 heteroatoms. The second-order valence-electron chi connectivity index (χ2n) is 10.4. The summed E-state index contributed by atoms with van der Waals surface area (Å²) in [5, 5.41) is 11.3. The molecule has 0 saturated heterocycles. The lowest BCUT2D eigenvalue weighted by molar-refractivity contribution is -0.111. The number of hydrogen-bond acceptors (Lipinski definition) is 2. The van der Waals surface area contributed by atoms with Crippen LogP contribution in [0.15, 0.2) is 87.8 Å². The Bertz CT molecular complexity index is 1430. The fourth-order valence-corrected chi connectivity index (χ4v) is 5.63. The zero-order valence-corrected chi connectivity index (χ0v) is 21.1. The van der Waals surface area contributed by atoms with Gasteiger partial charge in [0.25, 0.3) is 0 Å². The lowest BCUT2D eigenvalue weighted by Crippen LogP contribution is -2.23. The lowest BCUT2D eigenvalue weighted by Gasteiger charge is -2.25. The third kappa shape index (κ3) is 3.20. The summed E-state index contributed by atoms with van der Waals surface area (Å²) < 4.78 is 0. The molecule has 0 aromatic heterocycles. The molecule has 0 bridgehead atoms. The average molecular weight is 449 g/mol. The van der Waals surface area contributed by atoms with Gasteiger partial charge in [0.1, 0.15) is 5.76 Å². The fourth-order valence-electron chi connectivity index (χ4n) is 5.63. The van der Waals surface area contributed by atoms with E-state index in [-0.39, 0.29) is 17.5 Å². The molecule has 1 unspecified atom stereocenters. The van der Waals surface area contributed by atoms with Crippen molar-refractivity contribution in [2.45, 2.75) is 54.4 Å². The van der Waals surface area contributed by atoms with Crippen molar-refractivity contribution in [1.29, 1.82) is 0 Å². The van der Waals surface area contributed by atoms with Gasteiger partial charge in [-0.15, -0.1) is 0 Å². The zero-order chi connectivity index (χ0) is 24.5. The van der Waals surface area contributed by atoms with Crippen LogP contribution in [-0.2, 0) is 4.79 Å². The summed E-state index contributed by atoms with van der Waals surface area (Å²) in [6.45, 7) is 14.9. The summed E-state index contributed by atoms with van der Waals surface area (Å²) in [5.74, 6) is 0.629. The van der Waals surface area contributed by atoms with Crippen molar-refractivity contribution in [1.82, 2.24) is 0 Å². The van der Waals surface area contributed by atoms with E-state index in [0.29, 0.717) is 17.1 Å². The highest BCUT2D eigenvalue weighted by Crippen LogP contribution is 2.50. The minimum Gasteiger partial charge on any atom is -0.506 e. The molecule has 0 heterocycles. The third-order valence-electron chi connectivity index (χ3n) is 7.60. The van der Waals surface area contributed by atoms with Crippen molar-refractivity contribution in [2.24, 2.45) is 5.92 Å². The van der Waals surface area contributed by atoms with E-state index < -0.39 is 0 Å². The number of carbonyl (C=O) groups excluding carboxylic acids is 1. The number of ketones is 1. The van der Waals surface area contributed by atoms with Crippen molar-refractivity contribution in [3.63, 3.8) is 0 Å².